The molecule has 1 heterocycles. The van der Waals surface area contributed by atoms with E-state index in [1.165, 1.54) is 0 Å². The van der Waals surface area contributed by atoms with Crippen molar-refractivity contribution in [3.63, 3.8) is 0 Å². The van der Waals surface area contributed by atoms with Crippen molar-refractivity contribution in [1.29, 1.82) is 0 Å². The molecule has 3 nitrogen and oxygen atoms in total. The van der Waals surface area contributed by atoms with Crippen molar-refractivity contribution in [2.45, 2.75) is 19.1 Å². The second kappa shape index (κ2) is 5.22. The van der Waals surface area contributed by atoms with Gasteiger partial charge in [-0.25, -0.2) is 0 Å². The van der Waals surface area contributed by atoms with Crippen molar-refractivity contribution >= 4 is 11.0 Å². The van der Waals surface area contributed by atoms with Crippen molar-refractivity contribution in [2.75, 3.05) is 13.2 Å². The van der Waals surface area contributed by atoms with Gasteiger partial charge in [0.25, 0.3) is 0 Å². The zero-order valence-electron chi connectivity index (χ0n) is 10.3. The normalized spacial score (nSPS) is 13.9. The van der Waals surface area contributed by atoms with Gasteiger partial charge in [0.2, 0.25) is 0 Å². The molecule has 0 fully saturated rings. The van der Waals surface area contributed by atoms with E-state index in [0.717, 1.165) is 10.9 Å². The van der Waals surface area contributed by atoms with Crippen LogP contribution in [0.5, 0.6) is 0 Å². The first kappa shape index (κ1) is 13.9. The first-order valence-electron chi connectivity index (χ1n) is 5.75. The van der Waals surface area contributed by atoms with Gasteiger partial charge in [-0.2, -0.15) is 13.2 Å². The Labute approximate surface area is 108 Å². The van der Waals surface area contributed by atoms with Crippen LogP contribution >= 0.6 is 0 Å². The summed E-state index contributed by atoms with van der Waals surface area (Å²) in [6, 6.07) is 6.63. The number of rotatable bonds is 4. The third-order valence-electron chi connectivity index (χ3n) is 2.62. The van der Waals surface area contributed by atoms with Crippen LogP contribution in [0.2, 0.25) is 0 Å². The number of furan rings is 1. The monoisotopic (exact) mass is 273 g/mol. The van der Waals surface area contributed by atoms with Gasteiger partial charge >= 0.3 is 6.18 Å². The second-order valence-corrected chi connectivity index (χ2v) is 4.43. The topological polar surface area (TPSA) is 48.4 Å². The van der Waals surface area contributed by atoms with E-state index in [0.29, 0.717) is 11.3 Å². The van der Waals surface area contributed by atoms with E-state index in [-0.39, 0.29) is 6.61 Å². The number of halogens is 3. The molecular weight excluding hydrogens is 259 g/mol. The van der Waals surface area contributed by atoms with Crippen molar-refractivity contribution in [2.24, 2.45) is 5.73 Å². The number of aryl methyl sites for hydroxylation is 1. The zero-order valence-corrected chi connectivity index (χ0v) is 10.3. The Morgan fingerprint density at radius 1 is 1.32 bits per heavy atom. The van der Waals surface area contributed by atoms with E-state index >= 15 is 0 Å². The molecule has 2 aromatic rings. The van der Waals surface area contributed by atoms with Crippen LogP contribution in [0.3, 0.4) is 0 Å². The van der Waals surface area contributed by atoms with Crippen LogP contribution in [-0.4, -0.2) is 19.4 Å². The van der Waals surface area contributed by atoms with Gasteiger partial charge < -0.3 is 14.9 Å². The first-order chi connectivity index (χ1) is 8.85. The van der Waals surface area contributed by atoms with Gasteiger partial charge in [-0.3, -0.25) is 0 Å². The van der Waals surface area contributed by atoms with Crippen LogP contribution in [0.4, 0.5) is 13.2 Å². The second-order valence-electron chi connectivity index (χ2n) is 4.43. The number of hydrogen-bond donors (Lipinski definition) is 1. The van der Waals surface area contributed by atoms with Crippen LogP contribution < -0.4 is 5.73 Å². The van der Waals surface area contributed by atoms with Gasteiger partial charge in [-0.15, -0.1) is 0 Å². The molecule has 104 valence electrons. The van der Waals surface area contributed by atoms with Crippen molar-refractivity contribution in [1.82, 2.24) is 0 Å². The summed E-state index contributed by atoms with van der Waals surface area (Å²) in [5.74, 6) is 0.419. The van der Waals surface area contributed by atoms with Gasteiger partial charge in [0, 0.05) is 5.39 Å². The average molecular weight is 273 g/mol. The fourth-order valence-corrected chi connectivity index (χ4v) is 1.75. The lowest BCUT2D eigenvalue weighted by atomic mass is 10.1. The molecule has 0 radical (unpaired) electrons. The maximum Gasteiger partial charge on any atom is 0.411 e. The Bertz CT molecular complexity index is 563. The highest BCUT2D eigenvalue weighted by Gasteiger charge is 2.28. The van der Waals surface area contributed by atoms with E-state index in [2.05, 4.69) is 4.74 Å². The van der Waals surface area contributed by atoms with E-state index in [1.807, 2.05) is 19.1 Å². The van der Waals surface area contributed by atoms with Gasteiger partial charge in [-0.1, -0.05) is 11.6 Å². The molecule has 2 rings (SSSR count). The third-order valence-corrected chi connectivity index (χ3v) is 2.62. The number of alkyl halides is 3. The molecule has 0 aliphatic heterocycles. The summed E-state index contributed by atoms with van der Waals surface area (Å²) in [6.45, 7) is 0.400. The number of nitrogens with two attached hydrogens (primary N) is 1. The highest BCUT2D eigenvalue weighted by atomic mass is 19.4. The SMILES string of the molecule is Cc1ccc2oc(C(N)COCC(F)(F)F)cc2c1. The molecule has 0 amide bonds. The summed E-state index contributed by atoms with van der Waals surface area (Å²) in [5.41, 5.74) is 7.47. The Morgan fingerprint density at radius 2 is 2.05 bits per heavy atom. The molecule has 0 saturated carbocycles. The maximum absolute atomic E-state index is 11.9. The number of benzene rings is 1. The zero-order chi connectivity index (χ0) is 14.0. The third kappa shape index (κ3) is 3.71. The van der Waals surface area contributed by atoms with Crippen LogP contribution in [0.25, 0.3) is 11.0 Å². The molecule has 1 aromatic heterocycles. The van der Waals surface area contributed by atoms with E-state index in [9.17, 15) is 13.2 Å². The molecule has 6 heteroatoms. The number of hydrogen-bond acceptors (Lipinski definition) is 3. The lowest BCUT2D eigenvalue weighted by Crippen LogP contribution is -2.22. The number of ether oxygens (including phenoxy) is 1. The van der Waals surface area contributed by atoms with Crippen molar-refractivity contribution in [3.8, 4) is 0 Å². The minimum Gasteiger partial charge on any atom is -0.459 e. The summed E-state index contributed by atoms with van der Waals surface area (Å²) < 4.78 is 45.8. The van der Waals surface area contributed by atoms with Gasteiger partial charge in [0.15, 0.2) is 0 Å². The summed E-state index contributed by atoms with van der Waals surface area (Å²) in [7, 11) is 0. The Balaban J connectivity index is 2.03. The molecule has 19 heavy (non-hydrogen) atoms. The van der Waals surface area contributed by atoms with Gasteiger partial charge in [0.05, 0.1) is 12.6 Å². The van der Waals surface area contributed by atoms with E-state index < -0.39 is 18.8 Å². The predicted octanol–water partition coefficient (Wildman–Crippen LogP) is 3.32. The van der Waals surface area contributed by atoms with Crippen LogP contribution in [-0.2, 0) is 4.74 Å². The molecule has 0 aliphatic carbocycles. The van der Waals surface area contributed by atoms with Crippen LogP contribution in [0.1, 0.15) is 17.4 Å². The smallest absolute Gasteiger partial charge is 0.411 e. The highest BCUT2D eigenvalue weighted by molar-refractivity contribution is 5.78. The molecule has 0 aliphatic rings. The van der Waals surface area contributed by atoms with Crippen molar-refractivity contribution < 1.29 is 22.3 Å². The minimum atomic E-state index is -4.34. The fourth-order valence-electron chi connectivity index (χ4n) is 1.75. The standard InChI is InChI=1S/C13H14F3NO2/c1-8-2-3-11-9(4-8)5-12(19-11)10(17)6-18-7-13(14,15)16/h2-5,10H,6-7,17H2,1H3. The quantitative estimate of drug-likeness (QED) is 0.929. The molecular formula is C13H14F3NO2. The predicted molar refractivity (Wildman–Crippen MR) is 64.8 cm³/mol. The van der Waals surface area contributed by atoms with Crippen LogP contribution in [0, 0.1) is 6.92 Å². The lowest BCUT2D eigenvalue weighted by Gasteiger charge is -2.11. The first-order valence-corrected chi connectivity index (χ1v) is 5.75. The molecule has 2 N–H and O–H groups in total. The highest BCUT2D eigenvalue weighted by Crippen LogP contribution is 2.24. The minimum absolute atomic E-state index is 0.238. The van der Waals surface area contributed by atoms with Crippen molar-refractivity contribution in [3.05, 3.63) is 35.6 Å². The molecule has 0 saturated heterocycles. The summed E-state index contributed by atoms with van der Waals surface area (Å²) in [6.07, 6.45) is -4.34. The molecule has 1 aromatic carbocycles. The van der Waals surface area contributed by atoms with E-state index in [1.54, 1.807) is 12.1 Å². The summed E-state index contributed by atoms with van der Waals surface area (Å²) in [4.78, 5) is 0. The summed E-state index contributed by atoms with van der Waals surface area (Å²) >= 11 is 0. The Kier molecular flexibility index (Phi) is 3.82. The molecule has 1 unspecified atom stereocenters. The Hall–Kier alpha value is -1.53. The van der Waals surface area contributed by atoms with Crippen LogP contribution in [0.15, 0.2) is 28.7 Å². The average Bonchev–Trinajstić information content (AvgIpc) is 2.70. The lowest BCUT2D eigenvalue weighted by molar-refractivity contribution is -0.175. The van der Waals surface area contributed by atoms with Gasteiger partial charge in [-0.05, 0) is 25.1 Å². The maximum atomic E-state index is 11.9. The molecule has 1 atom stereocenters. The van der Waals surface area contributed by atoms with E-state index in [4.69, 9.17) is 10.2 Å². The molecule has 0 spiro atoms. The number of fused-ring (bicyclic) bond motifs is 1. The fraction of sp³-hybridized carbons (Fsp3) is 0.385. The Morgan fingerprint density at radius 3 is 2.74 bits per heavy atom. The van der Waals surface area contributed by atoms with Gasteiger partial charge in [0.1, 0.15) is 18.0 Å². The largest absolute Gasteiger partial charge is 0.459 e. The molecule has 0 bridgehead atoms. The summed E-state index contributed by atoms with van der Waals surface area (Å²) in [5, 5.41) is 0.876.